The normalized spacial score (nSPS) is 23.7. The second-order valence-electron chi connectivity index (χ2n) is 6.17. The fourth-order valence-electron chi connectivity index (χ4n) is 2.81. The summed E-state index contributed by atoms with van der Waals surface area (Å²) in [6.45, 7) is 4.23. The molecule has 0 saturated heterocycles. The first-order valence-electron chi connectivity index (χ1n) is 7.45. The smallest absolute Gasteiger partial charge is 0.175 e. The Morgan fingerprint density at radius 1 is 1.10 bits per heavy atom. The molecule has 0 unspecified atom stereocenters. The molecule has 1 aliphatic carbocycles. The minimum Gasteiger partial charge on any atom is -0.312 e. The zero-order valence-electron chi connectivity index (χ0n) is 12.4. The molecule has 0 amide bonds. The van der Waals surface area contributed by atoms with Crippen molar-refractivity contribution in [1.82, 2.24) is 5.32 Å². The number of benzene rings is 1. The van der Waals surface area contributed by atoms with Crippen LogP contribution in [0.3, 0.4) is 0 Å². The first-order valence-corrected chi connectivity index (χ1v) is 9.34. The molecule has 1 aliphatic rings. The Bertz CT molecular complexity index is 514. The van der Waals surface area contributed by atoms with E-state index < -0.39 is 9.84 Å². The molecule has 0 bridgehead atoms. The highest BCUT2D eigenvalue weighted by Gasteiger charge is 2.17. The van der Waals surface area contributed by atoms with Crippen LogP contribution < -0.4 is 5.32 Å². The van der Waals surface area contributed by atoms with E-state index in [-0.39, 0.29) is 0 Å². The molecule has 20 heavy (non-hydrogen) atoms. The van der Waals surface area contributed by atoms with Crippen molar-refractivity contribution in [3.63, 3.8) is 0 Å². The fourth-order valence-corrected chi connectivity index (χ4v) is 3.44. The van der Waals surface area contributed by atoms with Crippen LogP contribution in [-0.4, -0.2) is 21.2 Å². The molecule has 0 aliphatic heterocycles. The lowest BCUT2D eigenvalue weighted by atomic mass is 9.83. The van der Waals surface area contributed by atoms with E-state index in [4.69, 9.17) is 0 Å². The molecule has 4 heteroatoms. The predicted octanol–water partition coefficient (Wildman–Crippen LogP) is 3.01. The van der Waals surface area contributed by atoms with Gasteiger partial charge >= 0.3 is 0 Å². The van der Waals surface area contributed by atoms with Crippen molar-refractivity contribution in [1.29, 1.82) is 0 Å². The third-order valence-corrected chi connectivity index (χ3v) is 5.38. The molecule has 1 fully saturated rings. The number of hydrogen-bond acceptors (Lipinski definition) is 3. The van der Waals surface area contributed by atoms with E-state index in [0.717, 1.165) is 30.5 Å². The predicted molar refractivity (Wildman–Crippen MR) is 82.4 cm³/mol. The molecule has 1 aromatic rings. The van der Waals surface area contributed by atoms with Gasteiger partial charge in [-0.1, -0.05) is 31.9 Å². The van der Waals surface area contributed by atoms with Crippen LogP contribution in [0.5, 0.6) is 0 Å². The molecule has 0 atom stereocenters. The molecular formula is C16H25NO2S. The number of sulfone groups is 1. The summed E-state index contributed by atoms with van der Waals surface area (Å²) in [6.07, 6.45) is 6.62. The van der Waals surface area contributed by atoms with Gasteiger partial charge in [0.1, 0.15) is 0 Å². The van der Waals surface area contributed by atoms with Crippen molar-refractivity contribution >= 4 is 9.84 Å². The first-order chi connectivity index (χ1) is 9.45. The van der Waals surface area contributed by atoms with Crippen molar-refractivity contribution in [2.45, 2.75) is 44.0 Å². The topological polar surface area (TPSA) is 46.2 Å². The highest BCUT2D eigenvalue weighted by atomic mass is 32.2. The van der Waals surface area contributed by atoms with Gasteiger partial charge in [0.15, 0.2) is 9.84 Å². The highest BCUT2D eigenvalue weighted by Crippen LogP contribution is 2.27. The fraction of sp³-hybridized carbons (Fsp3) is 0.625. The molecule has 1 saturated carbocycles. The molecule has 1 N–H and O–H groups in total. The largest absolute Gasteiger partial charge is 0.312 e. The molecule has 0 heterocycles. The second kappa shape index (κ2) is 6.72. The second-order valence-corrected chi connectivity index (χ2v) is 8.19. The molecule has 0 spiro atoms. The van der Waals surface area contributed by atoms with Crippen LogP contribution in [0.15, 0.2) is 29.2 Å². The van der Waals surface area contributed by atoms with Gasteiger partial charge < -0.3 is 5.32 Å². The summed E-state index contributed by atoms with van der Waals surface area (Å²) in [7, 11) is -3.08. The summed E-state index contributed by atoms with van der Waals surface area (Å²) in [5, 5.41) is 3.49. The van der Waals surface area contributed by atoms with Crippen molar-refractivity contribution < 1.29 is 8.42 Å². The van der Waals surface area contributed by atoms with Gasteiger partial charge in [0.2, 0.25) is 0 Å². The maximum atomic E-state index is 11.4. The van der Waals surface area contributed by atoms with E-state index in [1.165, 1.54) is 31.9 Å². The molecule has 0 radical (unpaired) electrons. The van der Waals surface area contributed by atoms with Crippen LogP contribution in [0.25, 0.3) is 0 Å². The van der Waals surface area contributed by atoms with Crippen molar-refractivity contribution in [3.8, 4) is 0 Å². The Morgan fingerprint density at radius 2 is 1.70 bits per heavy atom. The van der Waals surface area contributed by atoms with Crippen LogP contribution in [0.4, 0.5) is 0 Å². The summed E-state index contributed by atoms with van der Waals surface area (Å²) >= 11 is 0. The first kappa shape index (κ1) is 15.5. The Kier molecular flexibility index (Phi) is 5.22. The molecule has 3 nitrogen and oxygen atoms in total. The van der Waals surface area contributed by atoms with Gasteiger partial charge in [-0.25, -0.2) is 8.42 Å². The monoisotopic (exact) mass is 295 g/mol. The van der Waals surface area contributed by atoms with Gasteiger partial charge in [-0.2, -0.15) is 0 Å². The van der Waals surface area contributed by atoms with E-state index in [0.29, 0.717) is 4.90 Å². The van der Waals surface area contributed by atoms with Gasteiger partial charge in [0.25, 0.3) is 0 Å². The molecule has 1 aromatic carbocycles. The third-order valence-electron chi connectivity index (χ3n) is 4.25. The van der Waals surface area contributed by atoms with Gasteiger partial charge in [-0.15, -0.1) is 0 Å². The van der Waals surface area contributed by atoms with E-state index in [2.05, 4.69) is 12.2 Å². The van der Waals surface area contributed by atoms with Crippen LogP contribution in [0.1, 0.15) is 38.2 Å². The van der Waals surface area contributed by atoms with Crippen LogP contribution in [-0.2, 0) is 16.4 Å². The number of nitrogens with one attached hydrogen (secondary N) is 1. The average Bonchev–Trinajstić information content (AvgIpc) is 2.41. The minimum absolute atomic E-state index is 0.391. The summed E-state index contributed by atoms with van der Waals surface area (Å²) in [4.78, 5) is 0.391. The third kappa shape index (κ3) is 4.60. The summed E-state index contributed by atoms with van der Waals surface area (Å²) in [5.74, 6) is 1.70. The lowest BCUT2D eigenvalue weighted by Crippen LogP contribution is -2.25. The summed E-state index contributed by atoms with van der Waals surface area (Å²) < 4.78 is 22.8. The average molecular weight is 295 g/mol. The SMILES string of the molecule is CC1CCC(CNCc2ccc(S(C)(=O)=O)cc2)CC1. The van der Waals surface area contributed by atoms with E-state index >= 15 is 0 Å². The van der Waals surface area contributed by atoms with Gasteiger partial charge in [-0.05, 0) is 48.9 Å². The van der Waals surface area contributed by atoms with E-state index in [1.54, 1.807) is 12.1 Å². The minimum atomic E-state index is -3.08. The van der Waals surface area contributed by atoms with Crippen LogP contribution in [0, 0.1) is 11.8 Å². The van der Waals surface area contributed by atoms with Crippen molar-refractivity contribution in [2.75, 3.05) is 12.8 Å². The maximum absolute atomic E-state index is 11.4. The van der Waals surface area contributed by atoms with Crippen LogP contribution >= 0.6 is 0 Å². The van der Waals surface area contributed by atoms with Gasteiger partial charge in [0.05, 0.1) is 4.90 Å². The highest BCUT2D eigenvalue weighted by molar-refractivity contribution is 7.90. The molecule has 0 aromatic heterocycles. The standard InChI is InChI=1S/C16H25NO2S/c1-13-3-5-14(6-4-13)11-17-12-15-7-9-16(10-8-15)20(2,18)19/h7-10,13-14,17H,3-6,11-12H2,1-2H3. The Balaban J connectivity index is 1.77. The van der Waals surface area contributed by atoms with E-state index in [9.17, 15) is 8.42 Å². The van der Waals surface area contributed by atoms with Gasteiger partial charge in [-0.3, -0.25) is 0 Å². The lowest BCUT2D eigenvalue weighted by molar-refractivity contribution is 0.281. The lowest BCUT2D eigenvalue weighted by Gasteiger charge is -2.26. The quantitative estimate of drug-likeness (QED) is 0.908. The van der Waals surface area contributed by atoms with Crippen LogP contribution in [0.2, 0.25) is 0 Å². The summed E-state index contributed by atoms with van der Waals surface area (Å²) in [5.41, 5.74) is 1.14. The zero-order chi connectivity index (χ0) is 14.6. The molecular weight excluding hydrogens is 270 g/mol. The maximum Gasteiger partial charge on any atom is 0.175 e. The number of rotatable bonds is 5. The van der Waals surface area contributed by atoms with Crippen molar-refractivity contribution in [3.05, 3.63) is 29.8 Å². The van der Waals surface area contributed by atoms with E-state index in [1.807, 2.05) is 12.1 Å². The van der Waals surface area contributed by atoms with Crippen molar-refractivity contribution in [2.24, 2.45) is 11.8 Å². The Morgan fingerprint density at radius 3 is 2.25 bits per heavy atom. The Labute approximate surface area is 122 Å². The summed E-state index contributed by atoms with van der Waals surface area (Å²) in [6, 6.07) is 7.17. The molecule has 2 rings (SSSR count). The molecule has 112 valence electrons. The van der Waals surface area contributed by atoms with Gasteiger partial charge in [0, 0.05) is 12.8 Å². The number of hydrogen-bond donors (Lipinski definition) is 1. The zero-order valence-corrected chi connectivity index (χ0v) is 13.2. The Hall–Kier alpha value is -0.870.